The van der Waals surface area contributed by atoms with Gasteiger partial charge in [-0.05, 0) is 25.5 Å². The number of rotatable bonds is 5. The van der Waals surface area contributed by atoms with Crippen LogP contribution in [0.5, 0.6) is 5.75 Å². The van der Waals surface area contributed by atoms with Gasteiger partial charge in [0.25, 0.3) is 0 Å². The van der Waals surface area contributed by atoms with Crippen molar-refractivity contribution in [2.75, 3.05) is 25.6 Å². The number of benzene rings is 1. The van der Waals surface area contributed by atoms with Crippen molar-refractivity contribution < 1.29 is 21.9 Å². The summed E-state index contributed by atoms with van der Waals surface area (Å²) in [6.45, 7) is 0.979. The Hall–Kier alpha value is -1.97. The van der Waals surface area contributed by atoms with Gasteiger partial charge >= 0.3 is 0 Å². The van der Waals surface area contributed by atoms with Gasteiger partial charge in [0.15, 0.2) is 16.7 Å². The van der Waals surface area contributed by atoms with E-state index in [0.29, 0.717) is 5.69 Å². The van der Waals surface area contributed by atoms with Crippen LogP contribution in [-0.4, -0.2) is 50.4 Å². The van der Waals surface area contributed by atoms with Crippen molar-refractivity contribution >= 4 is 33.1 Å². The number of anilines is 2. The quantitative estimate of drug-likeness (QED) is 0.641. The summed E-state index contributed by atoms with van der Waals surface area (Å²) < 4.78 is 59.9. The third-order valence-corrected chi connectivity index (χ3v) is 7.10. The molecular formula is C19H22ClF2N3O3S. The maximum atomic E-state index is 13.5. The van der Waals surface area contributed by atoms with Crippen molar-refractivity contribution in [1.82, 2.24) is 9.29 Å². The number of halogens is 3. The monoisotopic (exact) mass is 445 g/mol. The van der Waals surface area contributed by atoms with E-state index in [4.69, 9.17) is 16.3 Å². The summed E-state index contributed by atoms with van der Waals surface area (Å²) >= 11 is 6.18. The molecule has 1 aromatic carbocycles. The van der Waals surface area contributed by atoms with E-state index in [9.17, 15) is 17.2 Å². The average Bonchev–Trinajstić information content (AvgIpc) is 2.74. The molecule has 1 atom stereocenters. The van der Waals surface area contributed by atoms with Crippen LogP contribution in [0.25, 0.3) is 0 Å². The lowest BCUT2D eigenvalue weighted by Crippen LogP contribution is -2.41. The Bertz CT molecular complexity index is 984. The third kappa shape index (κ3) is 4.46. The van der Waals surface area contributed by atoms with Gasteiger partial charge in [-0.2, -0.15) is 4.31 Å². The normalized spacial score (nSPS) is 19.5. The molecule has 10 heteroatoms. The molecule has 29 heavy (non-hydrogen) atoms. The Labute approximate surface area is 174 Å². The van der Waals surface area contributed by atoms with Crippen molar-refractivity contribution in [2.45, 2.75) is 36.6 Å². The maximum Gasteiger partial charge on any atom is 0.246 e. The van der Waals surface area contributed by atoms with Crippen molar-refractivity contribution in [3.05, 3.63) is 41.6 Å². The topological polar surface area (TPSA) is 62.7 Å². The summed E-state index contributed by atoms with van der Waals surface area (Å²) in [4.78, 5) is 5.90. The van der Waals surface area contributed by atoms with Crippen molar-refractivity contribution in [3.8, 4) is 5.75 Å². The molecule has 0 fully saturated rings. The molecule has 1 aromatic heterocycles. The fraction of sp³-hybridized carbons (Fsp3) is 0.421. The highest BCUT2D eigenvalue weighted by Gasteiger charge is 2.39. The number of ether oxygens (including phenoxy) is 1. The molecular weight excluding hydrogens is 424 g/mol. The largest absolute Gasteiger partial charge is 0.493 e. The van der Waals surface area contributed by atoms with E-state index in [1.165, 1.54) is 20.2 Å². The van der Waals surface area contributed by atoms with E-state index < -0.39 is 28.4 Å². The Morgan fingerprint density at radius 2 is 1.97 bits per heavy atom. The smallest absolute Gasteiger partial charge is 0.246 e. The first-order chi connectivity index (χ1) is 13.5. The lowest BCUT2D eigenvalue weighted by atomic mass is 10.1. The molecule has 1 aliphatic heterocycles. The first-order valence-corrected chi connectivity index (χ1v) is 10.8. The standard InChI is InChI=1S/C19H22ClF2N3O3S/c1-19(21,22)10-9-14-12-25(13-7-5-4-6-8-13)18-16(29(26,27)24(14)2)11-15(28-3)17(20)23-18/h4-8,11,14H,9-10,12H2,1-3H3/t14-/m1/s1. The summed E-state index contributed by atoms with van der Waals surface area (Å²) in [5.41, 5.74) is 0.682. The number of hydrogen-bond donors (Lipinski definition) is 0. The fourth-order valence-electron chi connectivity index (χ4n) is 3.27. The number of nitrogens with zero attached hydrogens (tertiary/aromatic N) is 3. The number of pyridine rings is 1. The fourth-order valence-corrected chi connectivity index (χ4v) is 4.99. The molecule has 0 amide bonds. The molecule has 0 saturated heterocycles. The van der Waals surface area contributed by atoms with Gasteiger partial charge in [-0.1, -0.05) is 29.8 Å². The number of para-hydroxylation sites is 1. The molecule has 0 aliphatic carbocycles. The van der Waals surface area contributed by atoms with Gasteiger partial charge in [0, 0.05) is 37.8 Å². The number of sulfonamides is 1. The first kappa shape index (κ1) is 21.7. The summed E-state index contributed by atoms with van der Waals surface area (Å²) in [6.07, 6.45) is -0.449. The van der Waals surface area contributed by atoms with Crippen LogP contribution in [-0.2, 0) is 10.0 Å². The summed E-state index contributed by atoms with van der Waals surface area (Å²) in [7, 11) is -1.26. The molecule has 0 unspecified atom stereocenters. The highest BCUT2D eigenvalue weighted by molar-refractivity contribution is 7.89. The molecule has 2 heterocycles. The lowest BCUT2D eigenvalue weighted by molar-refractivity contribution is 0.00680. The Kier molecular flexibility index (Phi) is 6.03. The van der Waals surface area contributed by atoms with Crippen LogP contribution in [0.15, 0.2) is 41.3 Å². The summed E-state index contributed by atoms with van der Waals surface area (Å²) in [6, 6.07) is 9.67. The Morgan fingerprint density at radius 1 is 1.31 bits per heavy atom. The molecule has 0 saturated carbocycles. The number of methoxy groups -OCH3 is 1. The van der Waals surface area contributed by atoms with Gasteiger partial charge in [0.05, 0.1) is 7.11 Å². The second kappa shape index (κ2) is 8.04. The minimum atomic E-state index is -4.02. The highest BCUT2D eigenvalue weighted by Crippen LogP contribution is 2.40. The van der Waals surface area contributed by atoms with Crippen LogP contribution in [0.1, 0.15) is 19.8 Å². The van der Waals surface area contributed by atoms with E-state index >= 15 is 0 Å². The molecule has 1 aliphatic rings. The van der Waals surface area contributed by atoms with Crippen molar-refractivity contribution in [3.63, 3.8) is 0 Å². The van der Waals surface area contributed by atoms with Crippen molar-refractivity contribution in [2.24, 2.45) is 0 Å². The number of aromatic nitrogens is 1. The van der Waals surface area contributed by atoms with Gasteiger partial charge in [-0.25, -0.2) is 22.2 Å². The molecule has 0 bridgehead atoms. The molecule has 0 spiro atoms. The minimum absolute atomic E-state index is 0.0125. The van der Waals surface area contributed by atoms with E-state index in [-0.39, 0.29) is 34.6 Å². The first-order valence-electron chi connectivity index (χ1n) is 8.97. The molecule has 0 N–H and O–H groups in total. The van der Waals surface area contributed by atoms with Crippen LogP contribution in [0.3, 0.4) is 0 Å². The summed E-state index contributed by atoms with van der Waals surface area (Å²) in [5.74, 6) is -2.64. The van der Waals surface area contributed by atoms with Crippen LogP contribution in [0.2, 0.25) is 5.15 Å². The Balaban J connectivity index is 2.18. The zero-order valence-electron chi connectivity index (χ0n) is 16.3. The van der Waals surface area contributed by atoms with Gasteiger partial charge in [-0.3, -0.25) is 0 Å². The van der Waals surface area contributed by atoms with E-state index in [0.717, 1.165) is 11.2 Å². The number of alkyl halides is 2. The minimum Gasteiger partial charge on any atom is -0.493 e. The van der Waals surface area contributed by atoms with Crippen LogP contribution in [0, 0.1) is 0 Å². The number of likely N-dealkylation sites (N-methyl/N-ethyl adjacent to an activating group) is 1. The Morgan fingerprint density at radius 3 is 2.55 bits per heavy atom. The predicted octanol–water partition coefficient (Wildman–Crippen LogP) is 4.32. The van der Waals surface area contributed by atoms with Crippen LogP contribution >= 0.6 is 11.6 Å². The summed E-state index contributed by atoms with van der Waals surface area (Å²) in [5, 5.41) is 0.0172. The van der Waals surface area contributed by atoms with E-state index in [1.54, 1.807) is 29.2 Å². The van der Waals surface area contributed by atoms with Gasteiger partial charge in [0.1, 0.15) is 4.90 Å². The zero-order valence-corrected chi connectivity index (χ0v) is 17.8. The van der Waals surface area contributed by atoms with Gasteiger partial charge in [-0.15, -0.1) is 0 Å². The van der Waals surface area contributed by atoms with Crippen LogP contribution < -0.4 is 9.64 Å². The number of fused-ring (bicyclic) bond motifs is 1. The molecule has 0 radical (unpaired) electrons. The third-order valence-electron chi connectivity index (χ3n) is 4.91. The lowest BCUT2D eigenvalue weighted by Gasteiger charge is -2.29. The van der Waals surface area contributed by atoms with E-state index in [1.807, 2.05) is 6.07 Å². The second-order valence-electron chi connectivity index (χ2n) is 7.03. The molecule has 3 rings (SSSR count). The SMILES string of the molecule is COc1cc2c(nc1Cl)N(c1ccccc1)C[C@@H](CCC(C)(F)F)N(C)S2(=O)=O. The predicted molar refractivity (Wildman–Crippen MR) is 108 cm³/mol. The highest BCUT2D eigenvalue weighted by atomic mass is 35.5. The average molecular weight is 446 g/mol. The number of hydrogen-bond acceptors (Lipinski definition) is 5. The van der Waals surface area contributed by atoms with E-state index in [2.05, 4.69) is 4.98 Å². The maximum absolute atomic E-state index is 13.5. The van der Waals surface area contributed by atoms with Gasteiger partial charge in [0.2, 0.25) is 15.9 Å². The molecule has 158 valence electrons. The molecule has 2 aromatic rings. The second-order valence-corrected chi connectivity index (χ2v) is 9.36. The zero-order chi connectivity index (χ0) is 21.4. The van der Waals surface area contributed by atoms with Gasteiger partial charge < -0.3 is 9.64 Å². The molecule has 6 nitrogen and oxygen atoms in total. The van der Waals surface area contributed by atoms with Crippen molar-refractivity contribution in [1.29, 1.82) is 0 Å². The van der Waals surface area contributed by atoms with Crippen LogP contribution in [0.4, 0.5) is 20.3 Å².